The second-order valence-corrected chi connectivity index (χ2v) is 7.12. The molecule has 1 aromatic carbocycles. The summed E-state index contributed by atoms with van der Waals surface area (Å²) in [5.41, 5.74) is 2.80. The maximum absolute atomic E-state index is 12.1. The molecule has 0 aliphatic rings. The quantitative estimate of drug-likeness (QED) is 0.601. The Balaban J connectivity index is 1.80. The largest absolute Gasteiger partial charge is 0.342 e. The zero-order chi connectivity index (χ0) is 19.5. The van der Waals surface area contributed by atoms with Gasteiger partial charge in [0, 0.05) is 26.7 Å². The highest BCUT2D eigenvalue weighted by Gasteiger charge is 2.07. The Labute approximate surface area is 163 Å². The molecule has 5 nitrogen and oxygen atoms in total. The SMILES string of the molecule is CCCCCCCCCCNC(=O)/N=c1\cc(-c2ccccc2)n(C)n1C. The Kier molecular flexibility index (Phi) is 8.89. The summed E-state index contributed by atoms with van der Waals surface area (Å²) in [6, 6.07) is 11.8. The van der Waals surface area contributed by atoms with Crippen molar-refractivity contribution in [2.24, 2.45) is 19.1 Å². The van der Waals surface area contributed by atoms with Crippen LogP contribution in [-0.2, 0) is 14.1 Å². The van der Waals surface area contributed by atoms with Gasteiger partial charge in [0.25, 0.3) is 0 Å². The second-order valence-electron chi connectivity index (χ2n) is 7.12. The summed E-state index contributed by atoms with van der Waals surface area (Å²) in [6.07, 6.45) is 10.1. The Morgan fingerprint density at radius 2 is 1.56 bits per heavy atom. The van der Waals surface area contributed by atoms with E-state index in [1.165, 1.54) is 44.9 Å². The fourth-order valence-electron chi connectivity index (χ4n) is 3.21. The van der Waals surface area contributed by atoms with Crippen molar-refractivity contribution in [3.63, 3.8) is 0 Å². The number of unbranched alkanes of at least 4 members (excludes halogenated alkanes) is 7. The monoisotopic (exact) mass is 370 g/mol. The molecule has 148 valence electrons. The molecule has 0 bridgehead atoms. The van der Waals surface area contributed by atoms with Crippen molar-refractivity contribution in [2.75, 3.05) is 6.54 Å². The molecule has 0 fully saturated rings. The normalized spacial score (nSPS) is 11.7. The average molecular weight is 371 g/mol. The third-order valence-corrected chi connectivity index (χ3v) is 4.99. The lowest BCUT2D eigenvalue weighted by atomic mass is 10.1. The standard InChI is InChI=1S/C22H34N4O/c1-4-5-6-7-8-9-10-14-17-23-22(27)24-21-18-20(25(2)26(21)3)19-15-12-11-13-16-19/h11-13,15-16,18H,4-10,14,17H2,1-3H3,(H,23,27)/b24-21+. The smallest absolute Gasteiger partial charge is 0.336 e. The Hall–Kier alpha value is -2.30. The minimum atomic E-state index is -0.265. The van der Waals surface area contributed by atoms with Crippen molar-refractivity contribution in [3.05, 3.63) is 41.9 Å². The van der Waals surface area contributed by atoms with Crippen LogP contribution in [0.5, 0.6) is 0 Å². The van der Waals surface area contributed by atoms with Gasteiger partial charge in [0.2, 0.25) is 0 Å². The number of rotatable bonds is 10. The van der Waals surface area contributed by atoms with Crippen LogP contribution in [-0.4, -0.2) is 21.9 Å². The number of nitrogens with one attached hydrogen (secondary N) is 1. The molecule has 0 aliphatic carbocycles. The third kappa shape index (κ3) is 6.74. The number of nitrogens with zero attached hydrogens (tertiary/aromatic N) is 3. The lowest BCUT2D eigenvalue weighted by Gasteiger charge is -2.06. The van der Waals surface area contributed by atoms with Crippen LogP contribution in [0.4, 0.5) is 4.79 Å². The van der Waals surface area contributed by atoms with Gasteiger partial charge < -0.3 is 5.32 Å². The number of aromatic nitrogens is 2. The number of carbonyl (C=O) groups is 1. The summed E-state index contributed by atoms with van der Waals surface area (Å²) in [5.74, 6) is 0. The predicted molar refractivity (Wildman–Crippen MR) is 111 cm³/mol. The van der Waals surface area contributed by atoms with E-state index in [9.17, 15) is 4.79 Å². The Morgan fingerprint density at radius 3 is 2.22 bits per heavy atom. The van der Waals surface area contributed by atoms with Crippen molar-refractivity contribution < 1.29 is 4.79 Å². The van der Waals surface area contributed by atoms with Crippen LogP contribution in [0.1, 0.15) is 58.3 Å². The number of hydrogen-bond donors (Lipinski definition) is 1. The van der Waals surface area contributed by atoms with Crippen LogP contribution >= 0.6 is 0 Å². The summed E-state index contributed by atoms with van der Waals surface area (Å²) < 4.78 is 3.89. The Bertz CT molecular complexity index is 758. The average Bonchev–Trinajstić information content (AvgIpc) is 2.96. The van der Waals surface area contributed by atoms with E-state index in [4.69, 9.17) is 0 Å². The first kappa shape index (κ1) is 21.0. The van der Waals surface area contributed by atoms with E-state index < -0.39 is 0 Å². The fourth-order valence-corrected chi connectivity index (χ4v) is 3.21. The first-order valence-corrected chi connectivity index (χ1v) is 10.2. The van der Waals surface area contributed by atoms with E-state index >= 15 is 0 Å². The Morgan fingerprint density at radius 1 is 0.926 bits per heavy atom. The number of benzene rings is 1. The maximum Gasteiger partial charge on any atom is 0.342 e. The molecule has 1 heterocycles. The molecule has 0 saturated carbocycles. The van der Waals surface area contributed by atoms with Gasteiger partial charge in [-0.15, -0.1) is 0 Å². The lowest BCUT2D eigenvalue weighted by molar-refractivity contribution is 0.248. The van der Waals surface area contributed by atoms with Crippen LogP contribution in [0.2, 0.25) is 0 Å². The maximum atomic E-state index is 12.1. The van der Waals surface area contributed by atoms with Gasteiger partial charge in [0.05, 0.1) is 5.69 Å². The molecule has 0 aliphatic heterocycles. The van der Waals surface area contributed by atoms with Crippen LogP contribution < -0.4 is 10.8 Å². The molecule has 2 amide bonds. The highest BCUT2D eigenvalue weighted by molar-refractivity contribution is 5.74. The van der Waals surface area contributed by atoms with E-state index in [1.54, 1.807) is 0 Å². The molecule has 2 rings (SSSR count). The molecule has 1 aromatic heterocycles. The molecule has 0 unspecified atom stereocenters. The van der Waals surface area contributed by atoms with Gasteiger partial charge >= 0.3 is 6.03 Å². The summed E-state index contributed by atoms with van der Waals surface area (Å²) in [7, 11) is 3.89. The number of hydrogen-bond acceptors (Lipinski definition) is 1. The van der Waals surface area contributed by atoms with Gasteiger partial charge in [0.1, 0.15) is 0 Å². The van der Waals surface area contributed by atoms with Gasteiger partial charge in [-0.3, -0.25) is 9.36 Å². The zero-order valence-electron chi connectivity index (χ0n) is 17.1. The van der Waals surface area contributed by atoms with E-state index in [2.05, 4.69) is 29.4 Å². The molecule has 0 saturated heterocycles. The third-order valence-electron chi connectivity index (χ3n) is 4.99. The minimum absolute atomic E-state index is 0.265. The number of urea groups is 1. The lowest BCUT2D eigenvalue weighted by Crippen LogP contribution is -2.26. The highest BCUT2D eigenvalue weighted by Crippen LogP contribution is 2.16. The summed E-state index contributed by atoms with van der Waals surface area (Å²) in [4.78, 5) is 16.4. The topological polar surface area (TPSA) is 51.3 Å². The van der Waals surface area contributed by atoms with E-state index in [0.717, 1.165) is 17.7 Å². The molecule has 1 N–H and O–H groups in total. The molecule has 0 atom stereocenters. The molecule has 2 aromatic rings. The van der Waals surface area contributed by atoms with E-state index in [1.807, 2.05) is 47.7 Å². The van der Waals surface area contributed by atoms with Gasteiger partial charge in [-0.2, -0.15) is 4.99 Å². The molecule has 27 heavy (non-hydrogen) atoms. The minimum Gasteiger partial charge on any atom is -0.336 e. The van der Waals surface area contributed by atoms with Gasteiger partial charge in [-0.1, -0.05) is 82.2 Å². The molecule has 0 spiro atoms. The molecular weight excluding hydrogens is 336 g/mol. The number of amides is 2. The molecular formula is C22H34N4O. The first-order chi connectivity index (χ1) is 13.1. The van der Waals surface area contributed by atoms with E-state index in [0.29, 0.717) is 12.0 Å². The summed E-state index contributed by atoms with van der Waals surface area (Å²) in [6.45, 7) is 2.94. The van der Waals surface area contributed by atoms with E-state index in [-0.39, 0.29) is 6.03 Å². The van der Waals surface area contributed by atoms with Crippen molar-refractivity contribution in [1.82, 2.24) is 14.7 Å². The van der Waals surface area contributed by atoms with Crippen molar-refractivity contribution in [3.8, 4) is 11.3 Å². The molecule has 0 radical (unpaired) electrons. The summed E-state index contributed by atoms with van der Waals surface area (Å²) in [5, 5.41) is 2.91. The number of carbonyl (C=O) groups excluding carboxylic acids is 1. The predicted octanol–water partition coefficient (Wildman–Crippen LogP) is 4.78. The van der Waals surface area contributed by atoms with Crippen molar-refractivity contribution in [1.29, 1.82) is 0 Å². The highest BCUT2D eigenvalue weighted by atomic mass is 16.2. The summed E-state index contributed by atoms with van der Waals surface area (Å²) >= 11 is 0. The van der Waals surface area contributed by atoms with Crippen LogP contribution in [0.25, 0.3) is 11.3 Å². The molecule has 5 heteroatoms. The van der Waals surface area contributed by atoms with Crippen LogP contribution in [0, 0.1) is 0 Å². The van der Waals surface area contributed by atoms with Crippen LogP contribution in [0.15, 0.2) is 41.4 Å². The fraction of sp³-hybridized carbons (Fsp3) is 0.545. The van der Waals surface area contributed by atoms with Crippen molar-refractivity contribution >= 4 is 6.03 Å². The van der Waals surface area contributed by atoms with Crippen molar-refractivity contribution in [2.45, 2.75) is 58.3 Å². The van der Waals surface area contributed by atoms with Gasteiger partial charge in [-0.25, -0.2) is 4.79 Å². The van der Waals surface area contributed by atoms with Gasteiger partial charge in [0.15, 0.2) is 5.49 Å². The second kappa shape index (κ2) is 11.4. The zero-order valence-corrected chi connectivity index (χ0v) is 17.1. The first-order valence-electron chi connectivity index (χ1n) is 10.2. The van der Waals surface area contributed by atoms with Crippen LogP contribution in [0.3, 0.4) is 0 Å². The van der Waals surface area contributed by atoms with Gasteiger partial charge in [-0.05, 0) is 12.0 Å².